The molecule has 6 heteroatoms. The molecular weight excluding hydrogens is 266 g/mol. The van der Waals surface area contributed by atoms with Crippen molar-refractivity contribution < 1.29 is 9.32 Å². The van der Waals surface area contributed by atoms with Crippen LogP contribution in [0.15, 0.2) is 35.0 Å². The summed E-state index contributed by atoms with van der Waals surface area (Å²) in [6.45, 7) is 2.56. The molecule has 2 rings (SSSR count). The van der Waals surface area contributed by atoms with Crippen molar-refractivity contribution in [3.05, 3.63) is 46.8 Å². The zero-order chi connectivity index (χ0) is 13.7. The van der Waals surface area contributed by atoms with Gasteiger partial charge in [0.2, 0.25) is 5.91 Å². The maximum atomic E-state index is 11.7. The van der Waals surface area contributed by atoms with E-state index in [1.54, 1.807) is 24.4 Å². The Balaban J connectivity index is 1.82. The van der Waals surface area contributed by atoms with Gasteiger partial charge in [-0.15, -0.1) is 0 Å². The third-order valence-electron chi connectivity index (χ3n) is 2.55. The van der Waals surface area contributed by atoms with Gasteiger partial charge >= 0.3 is 0 Å². The monoisotopic (exact) mass is 279 g/mol. The van der Waals surface area contributed by atoms with Crippen molar-refractivity contribution in [2.45, 2.75) is 13.5 Å². The van der Waals surface area contributed by atoms with Crippen molar-refractivity contribution in [1.82, 2.24) is 10.5 Å². The van der Waals surface area contributed by atoms with Crippen LogP contribution in [0.2, 0.25) is 5.02 Å². The Morgan fingerprint density at radius 2 is 2.26 bits per heavy atom. The minimum absolute atomic E-state index is 0.134. The molecule has 0 aliphatic carbocycles. The number of benzene rings is 1. The number of hydrogen-bond acceptors (Lipinski definition) is 4. The van der Waals surface area contributed by atoms with E-state index in [2.05, 4.69) is 15.8 Å². The lowest BCUT2D eigenvalue weighted by molar-refractivity contribution is -0.115. The third-order valence-corrected chi connectivity index (χ3v) is 2.78. The molecule has 0 bridgehead atoms. The van der Waals surface area contributed by atoms with Gasteiger partial charge < -0.3 is 15.2 Å². The quantitative estimate of drug-likeness (QED) is 0.882. The van der Waals surface area contributed by atoms with E-state index in [0.29, 0.717) is 17.3 Å². The van der Waals surface area contributed by atoms with Crippen LogP contribution in [0.4, 0.5) is 5.69 Å². The number of nitrogens with one attached hydrogen (secondary N) is 2. The molecule has 0 radical (unpaired) electrons. The topological polar surface area (TPSA) is 67.2 Å². The van der Waals surface area contributed by atoms with Gasteiger partial charge in [-0.25, -0.2) is 0 Å². The fraction of sp³-hybridized carbons (Fsp3) is 0.231. The number of nitrogens with zero attached hydrogens (tertiary/aromatic N) is 1. The molecule has 0 saturated carbocycles. The molecule has 0 atom stereocenters. The summed E-state index contributed by atoms with van der Waals surface area (Å²) in [5, 5.41) is 9.93. The molecule has 0 fully saturated rings. The first-order chi connectivity index (χ1) is 9.15. The first-order valence-corrected chi connectivity index (χ1v) is 6.19. The van der Waals surface area contributed by atoms with Crippen molar-refractivity contribution in [2.24, 2.45) is 0 Å². The predicted octanol–water partition coefficient (Wildman–Crippen LogP) is 2.36. The first-order valence-electron chi connectivity index (χ1n) is 5.81. The van der Waals surface area contributed by atoms with Crippen molar-refractivity contribution in [1.29, 1.82) is 0 Å². The van der Waals surface area contributed by atoms with Gasteiger partial charge in [-0.05, 0) is 24.6 Å². The Morgan fingerprint density at radius 3 is 3.00 bits per heavy atom. The van der Waals surface area contributed by atoms with Crippen molar-refractivity contribution in [3.8, 4) is 0 Å². The smallest absolute Gasteiger partial charge is 0.238 e. The zero-order valence-electron chi connectivity index (χ0n) is 10.4. The molecule has 0 unspecified atom stereocenters. The second-order valence-corrected chi connectivity index (χ2v) is 4.53. The van der Waals surface area contributed by atoms with Crippen LogP contribution in [0.25, 0.3) is 0 Å². The molecule has 0 spiro atoms. The number of rotatable bonds is 5. The number of halogens is 1. The highest BCUT2D eigenvalue weighted by molar-refractivity contribution is 6.31. The van der Waals surface area contributed by atoms with Gasteiger partial charge in [0.1, 0.15) is 5.76 Å². The number of amides is 1. The van der Waals surface area contributed by atoms with Crippen LogP contribution in [0.3, 0.4) is 0 Å². The van der Waals surface area contributed by atoms with E-state index in [0.717, 1.165) is 11.3 Å². The average molecular weight is 280 g/mol. The highest BCUT2D eigenvalue weighted by Gasteiger charge is 2.05. The number of aryl methyl sites for hydroxylation is 1. The number of carbonyl (C=O) groups excluding carboxylic acids is 1. The summed E-state index contributed by atoms with van der Waals surface area (Å²) in [6, 6.07) is 7.12. The molecule has 100 valence electrons. The second kappa shape index (κ2) is 6.36. The third kappa shape index (κ3) is 4.08. The number of aromatic nitrogens is 1. The zero-order valence-corrected chi connectivity index (χ0v) is 11.2. The summed E-state index contributed by atoms with van der Waals surface area (Å²) in [4.78, 5) is 11.7. The van der Waals surface area contributed by atoms with Crippen LogP contribution < -0.4 is 10.6 Å². The predicted molar refractivity (Wildman–Crippen MR) is 73.0 cm³/mol. The molecule has 0 aliphatic heterocycles. The largest absolute Gasteiger partial charge is 0.360 e. The second-order valence-electron chi connectivity index (χ2n) is 4.09. The fourth-order valence-corrected chi connectivity index (χ4v) is 1.73. The SMILES string of the molecule is Cc1ccc(Cl)cc1NC(=O)CNCc1ccno1. The van der Waals surface area contributed by atoms with Gasteiger partial charge in [0.25, 0.3) is 0 Å². The van der Waals surface area contributed by atoms with E-state index in [1.807, 2.05) is 13.0 Å². The van der Waals surface area contributed by atoms with Crippen molar-refractivity contribution in [2.75, 3.05) is 11.9 Å². The molecule has 1 aromatic carbocycles. The van der Waals surface area contributed by atoms with Gasteiger partial charge in [-0.1, -0.05) is 22.8 Å². The maximum Gasteiger partial charge on any atom is 0.238 e. The molecule has 1 heterocycles. The fourth-order valence-electron chi connectivity index (χ4n) is 1.56. The Hall–Kier alpha value is -1.85. The normalized spacial score (nSPS) is 10.4. The summed E-state index contributed by atoms with van der Waals surface area (Å²) in [6.07, 6.45) is 1.56. The minimum atomic E-state index is -0.134. The van der Waals surface area contributed by atoms with Gasteiger partial charge in [0.05, 0.1) is 19.3 Å². The van der Waals surface area contributed by atoms with Gasteiger partial charge in [0.15, 0.2) is 0 Å². The van der Waals surface area contributed by atoms with Crippen LogP contribution in [-0.2, 0) is 11.3 Å². The summed E-state index contributed by atoms with van der Waals surface area (Å²) in [5.41, 5.74) is 1.69. The van der Waals surface area contributed by atoms with E-state index in [4.69, 9.17) is 16.1 Å². The minimum Gasteiger partial charge on any atom is -0.360 e. The summed E-state index contributed by atoms with van der Waals surface area (Å²) >= 11 is 5.89. The molecule has 2 aromatic rings. The summed E-state index contributed by atoms with van der Waals surface area (Å²) in [7, 11) is 0. The van der Waals surface area contributed by atoms with Crippen molar-refractivity contribution >= 4 is 23.2 Å². The van der Waals surface area contributed by atoms with E-state index >= 15 is 0 Å². The van der Waals surface area contributed by atoms with Crippen molar-refractivity contribution in [3.63, 3.8) is 0 Å². The molecule has 19 heavy (non-hydrogen) atoms. The molecule has 1 aromatic heterocycles. The van der Waals surface area contributed by atoms with Crippen LogP contribution >= 0.6 is 11.6 Å². The standard InChI is InChI=1S/C13H14ClN3O2/c1-9-2-3-10(14)6-12(9)17-13(18)8-15-7-11-4-5-16-19-11/h2-6,15H,7-8H2,1H3,(H,17,18). The molecular formula is C13H14ClN3O2. The first kappa shape index (κ1) is 13.6. The van der Waals surface area contributed by atoms with E-state index < -0.39 is 0 Å². The Bertz CT molecular complexity index is 555. The molecule has 0 aliphatic rings. The van der Waals surface area contributed by atoms with E-state index in [9.17, 15) is 4.79 Å². The molecule has 5 nitrogen and oxygen atoms in total. The average Bonchev–Trinajstić information content (AvgIpc) is 2.87. The van der Waals surface area contributed by atoms with E-state index in [-0.39, 0.29) is 12.5 Å². The molecule has 1 amide bonds. The number of carbonyl (C=O) groups is 1. The number of anilines is 1. The van der Waals surface area contributed by atoms with Gasteiger partial charge in [-0.3, -0.25) is 4.79 Å². The molecule has 0 saturated heterocycles. The lowest BCUT2D eigenvalue weighted by atomic mass is 10.2. The lowest BCUT2D eigenvalue weighted by Crippen LogP contribution is -2.27. The van der Waals surface area contributed by atoms with Gasteiger partial charge in [0, 0.05) is 16.8 Å². The van der Waals surface area contributed by atoms with Crippen LogP contribution in [0, 0.1) is 6.92 Å². The highest BCUT2D eigenvalue weighted by atomic mass is 35.5. The van der Waals surface area contributed by atoms with E-state index in [1.165, 1.54) is 0 Å². The highest BCUT2D eigenvalue weighted by Crippen LogP contribution is 2.19. The maximum absolute atomic E-state index is 11.7. The van der Waals surface area contributed by atoms with Gasteiger partial charge in [-0.2, -0.15) is 0 Å². The van der Waals surface area contributed by atoms with Crippen LogP contribution in [0.5, 0.6) is 0 Å². The van der Waals surface area contributed by atoms with Crippen LogP contribution in [0.1, 0.15) is 11.3 Å². The lowest BCUT2D eigenvalue weighted by Gasteiger charge is -2.09. The Morgan fingerprint density at radius 1 is 1.42 bits per heavy atom. The molecule has 2 N–H and O–H groups in total. The number of hydrogen-bond donors (Lipinski definition) is 2. The summed E-state index contributed by atoms with van der Waals surface area (Å²) < 4.78 is 4.91. The summed E-state index contributed by atoms with van der Waals surface area (Å²) in [5.74, 6) is 0.552. The Labute approximate surface area is 115 Å². The Kier molecular flexibility index (Phi) is 4.54. The van der Waals surface area contributed by atoms with Crippen LogP contribution in [-0.4, -0.2) is 17.6 Å².